The number of nitrogens with zero attached hydrogens (tertiary/aromatic N) is 3. The number of pyridine rings is 1. The van der Waals surface area contributed by atoms with Gasteiger partial charge in [0.1, 0.15) is 6.33 Å². The average Bonchev–Trinajstić information content (AvgIpc) is 2.54. The number of halogens is 1. The fraction of sp³-hybridized carbons (Fsp3) is 0. The quantitative estimate of drug-likeness (QED) is 0.516. The number of rotatable bonds is 1. The third kappa shape index (κ3) is 2.38. The lowest BCUT2D eigenvalue weighted by Gasteiger charge is -2.06. The molecule has 0 aliphatic heterocycles. The Balaban J connectivity index is 0.00000132. The summed E-state index contributed by atoms with van der Waals surface area (Å²) in [6, 6.07) is 18.6. The Labute approximate surface area is 132 Å². The van der Waals surface area contributed by atoms with E-state index in [1.54, 1.807) is 12.5 Å². The molecular formula is C17H12BrN3. The summed E-state index contributed by atoms with van der Waals surface area (Å²) in [5, 5.41) is 3.42. The highest BCUT2D eigenvalue weighted by Gasteiger charge is 2.07. The standard InChI is InChI=1S/C17H11N3.BrH/c1-2-5-13-10-14(8-7-12(13)4-1)16-15-6-3-9-18-17(15)20-11-19-16;/h1-11H;1H. The zero-order valence-electron chi connectivity index (χ0n) is 11.1. The van der Waals surface area contributed by atoms with Gasteiger partial charge < -0.3 is 0 Å². The highest BCUT2D eigenvalue weighted by atomic mass is 79.9. The molecule has 0 aliphatic rings. The van der Waals surface area contributed by atoms with Crippen LogP contribution in [0.3, 0.4) is 0 Å². The maximum Gasteiger partial charge on any atom is 0.163 e. The van der Waals surface area contributed by atoms with Crippen LogP contribution in [0.15, 0.2) is 67.1 Å². The van der Waals surface area contributed by atoms with Crippen molar-refractivity contribution in [2.45, 2.75) is 0 Å². The van der Waals surface area contributed by atoms with Gasteiger partial charge >= 0.3 is 0 Å². The molecule has 21 heavy (non-hydrogen) atoms. The molecule has 0 radical (unpaired) electrons. The lowest BCUT2D eigenvalue weighted by atomic mass is 10.0. The Morgan fingerprint density at radius 3 is 2.48 bits per heavy atom. The maximum atomic E-state index is 4.43. The van der Waals surface area contributed by atoms with Crippen molar-refractivity contribution >= 4 is 38.8 Å². The van der Waals surface area contributed by atoms with Crippen molar-refractivity contribution in [2.24, 2.45) is 0 Å². The predicted molar refractivity (Wildman–Crippen MR) is 90.6 cm³/mol. The SMILES string of the molecule is Br.c1ccc2cc(-c3ncnc4ncccc34)ccc2c1. The zero-order chi connectivity index (χ0) is 13.4. The van der Waals surface area contributed by atoms with Crippen molar-refractivity contribution in [2.75, 3.05) is 0 Å². The molecule has 0 saturated carbocycles. The van der Waals surface area contributed by atoms with E-state index in [0.29, 0.717) is 0 Å². The van der Waals surface area contributed by atoms with Gasteiger partial charge in [0.05, 0.1) is 5.69 Å². The van der Waals surface area contributed by atoms with E-state index in [1.807, 2.05) is 24.3 Å². The van der Waals surface area contributed by atoms with Gasteiger partial charge in [-0.15, -0.1) is 17.0 Å². The Hall–Kier alpha value is -2.33. The van der Waals surface area contributed by atoms with E-state index < -0.39 is 0 Å². The van der Waals surface area contributed by atoms with Crippen molar-refractivity contribution in [1.29, 1.82) is 0 Å². The minimum atomic E-state index is 0. The summed E-state index contributed by atoms with van der Waals surface area (Å²) >= 11 is 0. The summed E-state index contributed by atoms with van der Waals surface area (Å²) in [7, 11) is 0. The molecule has 3 nitrogen and oxygen atoms in total. The molecule has 0 unspecified atom stereocenters. The van der Waals surface area contributed by atoms with Crippen LogP contribution in [-0.2, 0) is 0 Å². The zero-order valence-corrected chi connectivity index (χ0v) is 12.8. The van der Waals surface area contributed by atoms with Gasteiger partial charge in [0.25, 0.3) is 0 Å². The first kappa shape index (κ1) is 13.6. The number of aromatic nitrogens is 3. The van der Waals surface area contributed by atoms with Crippen molar-refractivity contribution < 1.29 is 0 Å². The maximum absolute atomic E-state index is 4.43. The number of hydrogen-bond donors (Lipinski definition) is 0. The molecule has 0 aliphatic carbocycles. The van der Waals surface area contributed by atoms with E-state index in [-0.39, 0.29) is 17.0 Å². The van der Waals surface area contributed by atoms with Gasteiger partial charge in [-0.05, 0) is 29.0 Å². The summed E-state index contributed by atoms with van der Waals surface area (Å²) in [6.07, 6.45) is 3.32. The minimum absolute atomic E-state index is 0. The van der Waals surface area contributed by atoms with E-state index in [2.05, 4.69) is 45.3 Å². The molecule has 0 spiro atoms. The van der Waals surface area contributed by atoms with Crippen LogP contribution in [0.1, 0.15) is 0 Å². The van der Waals surface area contributed by atoms with E-state index in [4.69, 9.17) is 0 Å². The molecule has 0 amide bonds. The Bertz CT molecular complexity index is 916. The van der Waals surface area contributed by atoms with Crippen LogP contribution in [0, 0.1) is 0 Å². The van der Waals surface area contributed by atoms with Crippen molar-refractivity contribution in [3.05, 3.63) is 67.1 Å². The van der Waals surface area contributed by atoms with Crippen LogP contribution in [-0.4, -0.2) is 15.0 Å². The first-order valence-electron chi connectivity index (χ1n) is 6.47. The highest BCUT2D eigenvalue weighted by Crippen LogP contribution is 2.27. The molecule has 0 fully saturated rings. The van der Waals surface area contributed by atoms with Crippen LogP contribution in [0.2, 0.25) is 0 Å². The molecule has 0 bridgehead atoms. The Morgan fingerprint density at radius 1 is 0.714 bits per heavy atom. The van der Waals surface area contributed by atoms with Crippen LogP contribution in [0.5, 0.6) is 0 Å². The largest absolute Gasteiger partial charge is 0.237 e. The summed E-state index contributed by atoms with van der Waals surface area (Å²) < 4.78 is 0. The molecule has 4 rings (SSSR count). The lowest BCUT2D eigenvalue weighted by molar-refractivity contribution is 1.18. The van der Waals surface area contributed by atoms with Gasteiger partial charge in [-0.1, -0.05) is 36.4 Å². The van der Waals surface area contributed by atoms with Gasteiger partial charge in [-0.3, -0.25) is 0 Å². The Morgan fingerprint density at radius 2 is 1.57 bits per heavy atom. The van der Waals surface area contributed by atoms with Crippen LogP contribution >= 0.6 is 17.0 Å². The second-order valence-electron chi connectivity index (χ2n) is 4.66. The van der Waals surface area contributed by atoms with Gasteiger partial charge in [0, 0.05) is 17.1 Å². The van der Waals surface area contributed by atoms with E-state index in [0.717, 1.165) is 22.3 Å². The van der Waals surface area contributed by atoms with Gasteiger partial charge in [-0.2, -0.15) is 0 Å². The molecule has 0 N–H and O–H groups in total. The molecule has 0 saturated heterocycles. The van der Waals surface area contributed by atoms with E-state index >= 15 is 0 Å². The van der Waals surface area contributed by atoms with Crippen molar-refractivity contribution in [3.63, 3.8) is 0 Å². The van der Waals surface area contributed by atoms with Crippen molar-refractivity contribution in [1.82, 2.24) is 15.0 Å². The van der Waals surface area contributed by atoms with Gasteiger partial charge in [0.2, 0.25) is 0 Å². The van der Waals surface area contributed by atoms with E-state index in [9.17, 15) is 0 Å². The number of fused-ring (bicyclic) bond motifs is 2. The molecule has 2 aromatic carbocycles. The van der Waals surface area contributed by atoms with Gasteiger partial charge in [0.15, 0.2) is 5.65 Å². The van der Waals surface area contributed by atoms with E-state index in [1.165, 1.54) is 10.8 Å². The smallest absolute Gasteiger partial charge is 0.163 e. The Kier molecular flexibility index (Phi) is 3.62. The summed E-state index contributed by atoms with van der Waals surface area (Å²) in [4.78, 5) is 12.9. The molecule has 2 aromatic heterocycles. The fourth-order valence-corrected chi connectivity index (χ4v) is 2.46. The third-order valence-corrected chi connectivity index (χ3v) is 3.43. The molecule has 102 valence electrons. The van der Waals surface area contributed by atoms with Gasteiger partial charge in [-0.25, -0.2) is 15.0 Å². The van der Waals surface area contributed by atoms with Crippen LogP contribution in [0.25, 0.3) is 33.1 Å². The predicted octanol–water partition coefficient (Wildman–Crippen LogP) is 4.42. The van der Waals surface area contributed by atoms with Crippen LogP contribution in [0.4, 0.5) is 0 Å². The molecule has 4 aromatic rings. The summed E-state index contributed by atoms with van der Waals surface area (Å²) in [5.41, 5.74) is 2.74. The van der Waals surface area contributed by atoms with Crippen molar-refractivity contribution in [3.8, 4) is 11.3 Å². The number of benzene rings is 2. The fourth-order valence-electron chi connectivity index (χ4n) is 2.46. The highest BCUT2D eigenvalue weighted by molar-refractivity contribution is 8.93. The number of hydrogen-bond acceptors (Lipinski definition) is 3. The minimum Gasteiger partial charge on any atom is -0.237 e. The molecule has 0 atom stereocenters. The summed E-state index contributed by atoms with van der Waals surface area (Å²) in [6.45, 7) is 0. The molecular weight excluding hydrogens is 326 g/mol. The second kappa shape index (κ2) is 5.58. The monoisotopic (exact) mass is 337 g/mol. The average molecular weight is 338 g/mol. The third-order valence-electron chi connectivity index (χ3n) is 3.43. The first-order valence-corrected chi connectivity index (χ1v) is 6.47. The normalized spacial score (nSPS) is 10.5. The summed E-state index contributed by atoms with van der Waals surface area (Å²) in [5.74, 6) is 0. The second-order valence-corrected chi connectivity index (χ2v) is 4.66. The topological polar surface area (TPSA) is 38.7 Å². The first-order chi connectivity index (χ1) is 9.92. The molecule has 4 heteroatoms. The lowest BCUT2D eigenvalue weighted by Crippen LogP contribution is -1.90. The van der Waals surface area contributed by atoms with Crippen LogP contribution < -0.4 is 0 Å². The molecule has 2 heterocycles.